The predicted molar refractivity (Wildman–Crippen MR) is 87.9 cm³/mol. The van der Waals surface area contributed by atoms with Crippen molar-refractivity contribution in [3.05, 3.63) is 24.3 Å². The van der Waals surface area contributed by atoms with Crippen LogP contribution in [-0.4, -0.2) is 31.3 Å². The number of carbonyl (C=O) groups excluding carboxylic acids is 2. The number of ether oxygens (including phenoxy) is 2. The van der Waals surface area contributed by atoms with Gasteiger partial charge in [-0.1, -0.05) is 37.6 Å². The lowest BCUT2D eigenvalue weighted by atomic mass is 9.78. The minimum absolute atomic E-state index is 0.0323. The zero-order valence-electron chi connectivity index (χ0n) is 14.0. The molecule has 128 valence electrons. The highest BCUT2D eigenvalue weighted by molar-refractivity contribution is 5.81. The van der Waals surface area contributed by atoms with Crippen molar-refractivity contribution in [1.82, 2.24) is 5.32 Å². The van der Waals surface area contributed by atoms with E-state index < -0.39 is 18.1 Å². The molecule has 0 aromatic carbocycles. The largest absolute Gasteiger partial charge is 0.467 e. The normalized spacial score (nSPS) is 25.7. The Bertz CT molecular complexity index is 479. The number of methoxy groups -OCH3 is 1. The summed E-state index contributed by atoms with van der Waals surface area (Å²) in [6, 6.07) is -0.697. The first-order valence-electron chi connectivity index (χ1n) is 8.42. The van der Waals surface area contributed by atoms with E-state index in [1.165, 1.54) is 13.5 Å². The Morgan fingerprint density at radius 1 is 1.26 bits per heavy atom. The second kappa shape index (κ2) is 8.18. The maximum Gasteiger partial charge on any atom is 0.408 e. The summed E-state index contributed by atoms with van der Waals surface area (Å²) >= 11 is 0. The summed E-state index contributed by atoms with van der Waals surface area (Å²) in [5.41, 5.74) is -0.175. The summed E-state index contributed by atoms with van der Waals surface area (Å²) < 4.78 is 10.3. The maximum atomic E-state index is 12.1. The van der Waals surface area contributed by atoms with E-state index in [4.69, 9.17) is 9.47 Å². The molecule has 1 fully saturated rings. The van der Waals surface area contributed by atoms with Crippen LogP contribution in [0.1, 0.15) is 51.9 Å². The minimum atomic E-state index is -0.697. The first-order valence-corrected chi connectivity index (χ1v) is 8.42. The Labute approximate surface area is 138 Å². The van der Waals surface area contributed by atoms with E-state index in [0.717, 1.165) is 32.1 Å². The van der Waals surface area contributed by atoms with Crippen LogP contribution in [0.2, 0.25) is 0 Å². The summed E-state index contributed by atoms with van der Waals surface area (Å²) in [4.78, 5) is 24.1. The van der Waals surface area contributed by atoms with E-state index in [1.54, 1.807) is 0 Å². The smallest absolute Gasteiger partial charge is 0.408 e. The molecular formula is C18H27NO4. The van der Waals surface area contributed by atoms with E-state index in [9.17, 15) is 9.59 Å². The molecule has 0 radical (unpaired) electrons. The second-order valence-corrected chi connectivity index (χ2v) is 6.73. The highest BCUT2D eigenvalue weighted by Gasteiger charge is 2.32. The van der Waals surface area contributed by atoms with Crippen LogP contribution in [0.25, 0.3) is 0 Å². The second-order valence-electron chi connectivity index (χ2n) is 6.73. The molecule has 5 heteroatoms. The van der Waals surface area contributed by atoms with Gasteiger partial charge in [0.1, 0.15) is 12.1 Å². The van der Waals surface area contributed by atoms with Crippen LogP contribution < -0.4 is 5.32 Å². The topological polar surface area (TPSA) is 64.6 Å². The van der Waals surface area contributed by atoms with Gasteiger partial charge in [-0.15, -0.1) is 0 Å². The molecule has 2 aliphatic rings. The lowest BCUT2D eigenvalue weighted by Gasteiger charge is -2.30. The fraction of sp³-hybridized carbons (Fsp3) is 0.667. The van der Waals surface area contributed by atoms with Gasteiger partial charge in [0.15, 0.2) is 0 Å². The third-order valence-corrected chi connectivity index (χ3v) is 4.60. The highest BCUT2D eigenvalue weighted by Crippen LogP contribution is 2.32. The lowest BCUT2D eigenvalue weighted by Crippen LogP contribution is -2.45. The fourth-order valence-electron chi connectivity index (χ4n) is 3.24. The average molecular weight is 321 g/mol. The first-order chi connectivity index (χ1) is 11.0. The van der Waals surface area contributed by atoms with Crippen molar-refractivity contribution in [1.29, 1.82) is 0 Å². The van der Waals surface area contributed by atoms with Gasteiger partial charge >= 0.3 is 12.1 Å². The maximum absolute atomic E-state index is 12.1. The van der Waals surface area contributed by atoms with Gasteiger partial charge in [0, 0.05) is 0 Å². The molecule has 1 unspecified atom stereocenters. The number of nitrogens with one attached hydrogen (secondary N) is 1. The number of carbonyl (C=O) groups is 2. The Hall–Kier alpha value is -1.78. The van der Waals surface area contributed by atoms with E-state index in [0.29, 0.717) is 6.42 Å². The van der Waals surface area contributed by atoms with Crippen LogP contribution in [0, 0.1) is 5.41 Å². The number of esters is 1. The van der Waals surface area contributed by atoms with Gasteiger partial charge in [0.05, 0.1) is 7.11 Å². The van der Waals surface area contributed by atoms with Gasteiger partial charge in [-0.2, -0.15) is 0 Å². The average Bonchev–Trinajstić information content (AvgIpc) is 2.55. The van der Waals surface area contributed by atoms with E-state index in [1.807, 2.05) is 12.2 Å². The van der Waals surface area contributed by atoms with Crippen LogP contribution >= 0.6 is 0 Å². The van der Waals surface area contributed by atoms with Gasteiger partial charge in [-0.3, -0.25) is 0 Å². The van der Waals surface area contributed by atoms with Crippen molar-refractivity contribution in [3.63, 3.8) is 0 Å². The van der Waals surface area contributed by atoms with E-state index in [2.05, 4.69) is 24.4 Å². The van der Waals surface area contributed by atoms with E-state index >= 15 is 0 Å². The van der Waals surface area contributed by atoms with Crippen molar-refractivity contribution in [2.24, 2.45) is 5.41 Å². The summed E-state index contributed by atoms with van der Waals surface area (Å²) in [6.07, 6.45) is 14.0. The molecule has 0 bridgehead atoms. The highest BCUT2D eigenvalue weighted by atomic mass is 16.6. The van der Waals surface area contributed by atoms with Crippen LogP contribution in [-0.2, 0) is 14.3 Å². The Kier molecular flexibility index (Phi) is 6.25. The van der Waals surface area contributed by atoms with Crippen LogP contribution in [0.15, 0.2) is 24.3 Å². The van der Waals surface area contributed by atoms with Crippen LogP contribution in [0.4, 0.5) is 4.79 Å². The molecule has 2 atom stereocenters. The number of rotatable bonds is 5. The Morgan fingerprint density at radius 3 is 2.61 bits per heavy atom. The zero-order valence-corrected chi connectivity index (χ0v) is 14.0. The monoisotopic (exact) mass is 321 g/mol. The molecule has 1 N–H and O–H groups in total. The summed E-state index contributed by atoms with van der Waals surface area (Å²) in [6.45, 7) is 2.07. The molecule has 0 aliphatic heterocycles. The molecule has 0 saturated heterocycles. The third kappa shape index (κ3) is 5.41. The predicted octanol–water partition coefficient (Wildman–Crippen LogP) is 3.50. The molecular weight excluding hydrogens is 294 g/mol. The zero-order chi connectivity index (χ0) is 16.7. The number of allylic oxidation sites excluding steroid dienone is 4. The van der Waals surface area contributed by atoms with Crippen molar-refractivity contribution in [2.75, 3.05) is 7.11 Å². The molecule has 5 nitrogen and oxygen atoms in total. The van der Waals surface area contributed by atoms with Crippen molar-refractivity contribution in [3.8, 4) is 0 Å². The number of amides is 1. The molecule has 1 saturated carbocycles. The van der Waals surface area contributed by atoms with Gasteiger partial charge in [0.25, 0.3) is 0 Å². The fourth-order valence-corrected chi connectivity index (χ4v) is 3.24. The van der Waals surface area contributed by atoms with Gasteiger partial charge < -0.3 is 14.8 Å². The van der Waals surface area contributed by atoms with Crippen molar-refractivity contribution in [2.45, 2.75) is 64.0 Å². The number of hydrogen-bond donors (Lipinski definition) is 1. The molecule has 23 heavy (non-hydrogen) atoms. The first kappa shape index (κ1) is 17.6. The molecule has 1 amide bonds. The molecule has 2 rings (SSSR count). The molecule has 0 heterocycles. The quantitative estimate of drug-likeness (QED) is 0.787. The Balaban J connectivity index is 1.92. The SMILES string of the molecule is COC(=O)[C@H](CC1(C)C=CC=CC1)NC(=O)OC1CCCCC1. The van der Waals surface area contributed by atoms with E-state index in [-0.39, 0.29) is 11.5 Å². The van der Waals surface area contributed by atoms with Gasteiger partial charge in [-0.25, -0.2) is 9.59 Å². The molecule has 0 aromatic heterocycles. The Morgan fingerprint density at radius 2 is 2.00 bits per heavy atom. The summed E-state index contributed by atoms with van der Waals surface area (Å²) in [5, 5.41) is 2.69. The van der Waals surface area contributed by atoms with Gasteiger partial charge in [-0.05, 0) is 43.9 Å². The van der Waals surface area contributed by atoms with Crippen molar-refractivity contribution < 1.29 is 19.1 Å². The van der Waals surface area contributed by atoms with Crippen LogP contribution in [0.3, 0.4) is 0 Å². The van der Waals surface area contributed by atoms with Crippen LogP contribution in [0.5, 0.6) is 0 Å². The lowest BCUT2D eigenvalue weighted by molar-refractivity contribution is -0.143. The van der Waals surface area contributed by atoms with Crippen molar-refractivity contribution >= 4 is 12.1 Å². The summed E-state index contributed by atoms with van der Waals surface area (Å²) in [7, 11) is 1.34. The number of hydrogen-bond acceptors (Lipinski definition) is 4. The summed E-state index contributed by atoms with van der Waals surface area (Å²) in [5.74, 6) is -0.435. The molecule has 0 aromatic rings. The molecule has 0 spiro atoms. The van der Waals surface area contributed by atoms with Gasteiger partial charge in [0.2, 0.25) is 0 Å². The number of alkyl carbamates (subject to hydrolysis) is 1. The minimum Gasteiger partial charge on any atom is -0.467 e. The third-order valence-electron chi connectivity index (χ3n) is 4.60. The standard InChI is InChI=1S/C18H27NO4/c1-18(11-7-4-8-12-18)13-15(16(20)22-2)19-17(21)23-14-9-5-3-6-10-14/h4,7-8,11,14-15H,3,5-6,9-10,12-13H2,1-2H3,(H,19,21)/t15-,18?/m0/s1. The molecule has 2 aliphatic carbocycles.